The van der Waals surface area contributed by atoms with Crippen LogP contribution in [-0.2, 0) is 9.53 Å². The van der Waals surface area contributed by atoms with E-state index in [1.54, 1.807) is 7.11 Å². The molecule has 0 saturated carbocycles. The van der Waals surface area contributed by atoms with E-state index < -0.39 is 0 Å². The Hall–Kier alpha value is -0.350. The fraction of sp³-hybridized carbons (Fsp3) is 0.700. The van der Waals surface area contributed by atoms with E-state index in [0.29, 0.717) is 12.8 Å². The number of carbonyl (C=O) groups is 1. The van der Waals surface area contributed by atoms with Gasteiger partial charge in [-0.2, -0.15) is 0 Å². The molecule has 0 bridgehead atoms. The van der Waals surface area contributed by atoms with Gasteiger partial charge in [-0.05, 0) is 30.3 Å². The zero-order valence-electron chi connectivity index (χ0n) is 8.97. The van der Waals surface area contributed by atoms with E-state index in [1.165, 1.54) is 0 Å². The SMILES string of the molecule is CC[C@@](C)(/C=C(/Br)CCC(N)=O)OC. The second-order valence-electron chi connectivity index (χ2n) is 3.43. The number of rotatable bonds is 6. The van der Waals surface area contributed by atoms with Crippen molar-refractivity contribution in [3.8, 4) is 0 Å². The maximum Gasteiger partial charge on any atom is 0.217 e. The van der Waals surface area contributed by atoms with Crippen LogP contribution in [0.2, 0.25) is 0 Å². The third kappa shape index (κ3) is 5.40. The van der Waals surface area contributed by atoms with Crippen LogP contribution in [0.1, 0.15) is 33.1 Å². The number of allylic oxidation sites excluding steroid dienone is 1. The van der Waals surface area contributed by atoms with E-state index in [2.05, 4.69) is 15.9 Å². The van der Waals surface area contributed by atoms with Gasteiger partial charge in [-0.15, -0.1) is 0 Å². The van der Waals surface area contributed by atoms with E-state index in [1.807, 2.05) is 19.9 Å². The van der Waals surface area contributed by atoms with Crippen molar-refractivity contribution in [2.24, 2.45) is 5.73 Å². The second-order valence-corrected chi connectivity index (χ2v) is 4.45. The average Bonchev–Trinajstić information content (AvgIpc) is 2.14. The van der Waals surface area contributed by atoms with Gasteiger partial charge in [0.25, 0.3) is 0 Å². The van der Waals surface area contributed by atoms with E-state index in [4.69, 9.17) is 10.5 Å². The number of primary amides is 1. The minimum absolute atomic E-state index is 0.267. The fourth-order valence-corrected chi connectivity index (χ4v) is 1.63. The molecule has 0 fully saturated rings. The lowest BCUT2D eigenvalue weighted by molar-refractivity contribution is -0.117. The first-order valence-corrected chi connectivity index (χ1v) is 5.43. The van der Waals surface area contributed by atoms with E-state index >= 15 is 0 Å². The van der Waals surface area contributed by atoms with Crippen molar-refractivity contribution in [1.29, 1.82) is 0 Å². The number of methoxy groups -OCH3 is 1. The van der Waals surface area contributed by atoms with Crippen LogP contribution in [0.15, 0.2) is 10.6 Å². The highest BCUT2D eigenvalue weighted by Gasteiger charge is 2.18. The molecule has 2 N–H and O–H groups in total. The summed E-state index contributed by atoms with van der Waals surface area (Å²) in [6.45, 7) is 4.05. The van der Waals surface area contributed by atoms with Crippen LogP contribution in [-0.4, -0.2) is 18.6 Å². The Morgan fingerprint density at radius 2 is 2.14 bits per heavy atom. The van der Waals surface area contributed by atoms with Crippen LogP contribution in [0, 0.1) is 0 Å². The Labute approximate surface area is 93.8 Å². The molecule has 82 valence electrons. The molecule has 0 unspecified atom stereocenters. The maximum absolute atomic E-state index is 10.6. The molecule has 0 spiro atoms. The van der Waals surface area contributed by atoms with Crippen LogP contribution < -0.4 is 5.73 Å². The van der Waals surface area contributed by atoms with Crippen molar-refractivity contribution in [3.63, 3.8) is 0 Å². The smallest absolute Gasteiger partial charge is 0.217 e. The summed E-state index contributed by atoms with van der Waals surface area (Å²) in [6, 6.07) is 0. The molecule has 4 heteroatoms. The summed E-state index contributed by atoms with van der Waals surface area (Å²) >= 11 is 3.40. The summed E-state index contributed by atoms with van der Waals surface area (Å²) in [6.07, 6.45) is 3.86. The van der Waals surface area contributed by atoms with Gasteiger partial charge in [0.1, 0.15) is 0 Å². The molecule has 0 aromatic heterocycles. The predicted molar refractivity (Wildman–Crippen MR) is 61.1 cm³/mol. The van der Waals surface area contributed by atoms with Gasteiger partial charge in [-0.25, -0.2) is 0 Å². The third-order valence-corrected chi connectivity index (χ3v) is 2.87. The Kier molecular flexibility index (Phi) is 6.04. The van der Waals surface area contributed by atoms with Gasteiger partial charge >= 0.3 is 0 Å². The third-order valence-electron chi connectivity index (χ3n) is 2.24. The number of hydrogen-bond donors (Lipinski definition) is 1. The van der Waals surface area contributed by atoms with Crippen LogP contribution >= 0.6 is 15.9 Å². The molecule has 0 aliphatic rings. The van der Waals surface area contributed by atoms with Gasteiger partial charge in [0.2, 0.25) is 5.91 Å². The lowest BCUT2D eigenvalue weighted by Gasteiger charge is -2.23. The van der Waals surface area contributed by atoms with Crippen molar-refractivity contribution in [2.45, 2.75) is 38.7 Å². The Balaban J connectivity index is 4.26. The molecule has 0 saturated heterocycles. The molecule has 1 amide bonds. The van der Waals surface area contributed by atoms with Crippen molar-refractivity contribution in [2.75, 3.05) is 7.11 Å². The molecule has 1 atom stereocenters. The average molecular weight is 264 g/mol. The molecular formula is C10H18BrNO2. The van der Waals surface area contributed by atoms with Crippen molar-refractivity contribution < 1.29 is 9.53 Å². The van der Waals surface area contributed by atoms with Gasteiger partial charge in [0.05, 0.1) is 5.60 Å². The lowest BCUT2D eigenvalue weighted by atomic mass is 10.0. The quantitative estimate of drug-likeness (QED) is 0.800. The van der Waals surface area contributed by atoms with E-state index in [0.717, 1.165) is 10.9 Å². The number of hydrogen-bond acceptors (Lipinski definition) is 2. The van der Waals surface area contributed by atoms with Gasteiger partial charge in [0.15, 0.2) is 0 Å². The first-order chi connectivity index (χ1) is 6.43. The number of nitrogens with two attached hydrogens (primary N) is 1. The minimum atomic E-state index is -0.286. The lowest BCUT2D eigenvalue weighted by Crippen LogP contribution is -2.23. The van der Waals surface area contributed by atoms with Gasteiger partial charge in [-0.1, -0.05) is 22.9 Å². The summed E-state index contributed by atoms with van der Waals surface area (Å²) in [5, 5.41) is 0. The maximum atomic E-state index is 10.6. The predicted octanol–water partition coefficient (Wildman–Crippen LogP) is 2.35. The summed E-state index contributed by atoms with van der Waals surface area (Å²) in [5.74, 6) is -0.286. The molecule has 0 aromatic carbocycles. The van der Waals surface area contributed by atoms with Crippen LogP contribution in [0.25, 0.3) is 0 Å². The molecule has 0 rings (SSSR count). The van der Waals surface area contributed by atoms with Crippen molar-refractivity contribution >= 4 is 21.8 Å². The highest BCUT2D eigenvalue weighted by molar-refractivity contribution is 9.11. The monoisotopic (exact) mass is 263 g/mol. The van der Waals surface area contributed by atoms with Gasteiger partial charge in [0, 0.05) is 13.5 Å². The highest BCUT2D eigenvalue weighted by Crippen LogP contribution is 2.23. The zero-order valence-corrected chi connectivity index (χ0v) is 10.6. The normalized spacial score (nSPS) is 16.4. The molecule has 0 aliphatic carbocycles. The summed E-state index contributed by atoms with van der Waals surface area (Å²) in [4.78, 5) is 10.6. The molecule has 0 heterocycles. The summed E-state index contributed by atoms with van der Waals surface area (Å²) in [5.41, 5.74) is 4.78. The number of ether oxygens (including phenoxy) is 1. The molecule has 3 nitrogen and oxygen atoms in total. The second kappa shape index (κ2) is 6.19. The van der Waals surface area contributed by atoms with Crippen molar-refractivity contribution in [3.05, 3.63) is 10.6 Å². The largest absolute Gasteiger partial charge is 0.374 e. The Morgan fingerprint density at radius 1 is 1.57 bits per heavy atom. The summed E-state index contributed by atoms with van der Waals surface area (Å²) in [7, 11) is 1.67. The topological polar surface area (TPSA) is 52.3 Å². The molecular weight excluding hydrogens is 246 g/mol. The fourth-order valence-electron chi connectivity index (χ4n) is 0.951. The molecule has 0 radical (unpaired) electrons. The number of amides is 1. The summed E-state index contributed by atoms with van der Waals surface area (Å²) < 4.78 is 6.30. The van der Waals surface area contributed by atoms with E-state index in [9.17, 15) is 4.79 Å². The number of carbonyl (C=O) groups excluding carboxylic acids is 1. The first-order valence-electron chi connectivity index (χ1n) is 4.64. The molecule has 14 heavy (non-hydrogen) atoms. The van der Waals surface area contributed by atoms with E-state index in [-0.39, 0.29) is 11.5 Å². The van der Waals surface area contributed by atoms with Crippen LogP contribution in [0.4, 0.5) is 0 Å². The number of halogens is 1. The van der Waals surface area contributed by atoms with Gasteiger partial charge in [-0.3, -0.25) is 4.79 Å². The first kappa shape index (κ1) is 13.7. The zero-order chi connectivity index (χ0) is 11.2. The Morgan fingerprint density at radius 3 is 2.50 bits per heavy atom. The molecule has 0 aromatic rings. The standard InChI is InChI=1S/C10H18BrNO2/c1-4-10(2,14-3)7-8(11)5-6-9(12)13/h7H,4-6H2,1-3H3,(H2,12,13)/b8-7+/t10-/m0/s1. The Bertz CT molecular complexity index is 222. The van der Waals surface area contributed by atoms with Crippen LogP contribution in [0.5, 0.6) is 0 Å². The van der Waals surface area contributed by atoms with Crippen molar-refractivity contribution in [1.82, 2.24) is 0 Å². The minimum Gasteiger partial charge on any atom is -0.374 e. The highest BCUT2D eigenvalue weighted by atomic mass is 79.9. The van der Waals surface area contributed by atoms with Gasteiger partial charge < -0.3 is 10.5 Å². The molecule has 0 aliphatic heterocycles. The van der Waals surface area contributed by atoms with Crippen LogP contribution in [0.3, 0.4) is 0 Å².